The Bertz CT molecular complexity index is 854. The molecule has 128 valence electrons. The molecule has 24 heavy (non-hydrogen) atoms. The molecule has 1 N–H and O–H groups in total. The van der Waals surface area contributed by atoms with Crippen LogP contribution in [0.5, 0.6) is 0 Å². The average molecular weight is 367 g/mol. The van der Waals surface area contributed by atoms with E-state index in [2.05, 4.69) is 10.3 Å². The van der Waals surface area contributed by atoms with E-state index in [1.54, 1.807) is 6.20 Å². The Morgan fingerprint density at radius 1 is 1.12 bits per heavy atom. The first-order valence-electron chi connectivity index (χ1n) is 7.65. The second-order valence-corrected chi connectivity index (χ2v) is 5.72. The van der Waals surface area contributed by atoms with Crippen molar-refractivity contribution in [2.75, 3.05) is 13.1 Å². The molecule has 1 atom stereocenters. The van der Waals surface area contributed by atoms with Gasteiger partial charge in [-0.25, -0.2) is 9.78 Å². The molecule has 1 saturated heterocycles. The smallest absolute Gasteiger partial charge is 0.315 e. The minimum Gasteiger partial charge on any atom is -0.315 e. The van der Waals surface area contributed by atoms with Crippen LogP contribution in [0.2, 0.25) is 0 Å². The molecule has 7 heteroatoms. The Kier molecular flexibility index (Phi) is 6.04. The molecule has 0 saturated carbocycles. The first kappa shape index (κ1) is 18.5. The van der Waals surface area contributed by atoms with Gasteiger partial charge in [0.25, 0.3) is 0 Å². The Morgan fingerprint density at radius 3 is 2.62 bits per heavy atom. The van der Waals surface area contributed by atoms with Gasteiger partial charge < -0.3 is 5.32 Å². The van der Waals surface area contributed by atoms with Crippen molar-refractivity contribution in [1.82, 2.24) is 19.4 Å². The lowest BCUT2D eigenvalue weighted by molar-refractivity contribution is 0.528. The molecule has 0 amide bonds. The first-order chi connectivity index (χ1) is 10.8. The fourth-order valence-electron chi connectivity index (χ4n) is 3.22. The number of pyridine rings is 1. The van der Waals surface area contributed by atoms with Gasteiger partial charge in [-0.3, -0.25) is 9.13 Å². The molecule has 3 heterocycles. The minimum absolute atomic E-state index is 0. The molecule has 1 fully saturated rings. The molecular weight excluding hydrogens is 347 g/mol. The molecule has 3 aromatic rings. The summed E-state index contributed by atoms with van der Waals surface area (Å²) in [5.74, 6) is 0. The summed E-state index contributed by atoms with van der Waals surface area (Å²) >= 11 is 0. The number of aromatic nitrogens is 3. The summed E-state index contributed by atoms with van der Waals surface area (Å²) in [6.07, 6.45) is 2.73. The van der Waals surface area contributed by atoms with Gasteiger partial charge in [-0.2, -0.15) is 0 Å². The van der Waals surface area contributed by atoms with Gasteiger partial charge in [0.05, 0.1) is 18.1 Å². The Labute approximate surface area is 152 Å². The maximum Gasteiger partial charge on any atom is 0.330 e. The summed E-state index contributed by atoms with van der Waals surface area (Å²) in [4.78, 5) is 17.4. The molecule has 0 radical (unpaired) electrons. The molecule has 1 aliphatic heterocycles. The second kappa shape index (κ2) is 7.83. The zero-order valence-corrected chi connectivity index (χ0v) is 14.7. The maximum atomic E-state index is 12.9. The molecule has 0 aliphatic carbocycles. The molecule has 1 aliphatic rings. The summed E-state index contributed by atoms with van der Waals surface area (Å²) < 4.78 is 3.69. The number of benzene rings is 1. The van der Waals surface area contributed by atoms with Gasteiger partial charge in [0.15, 0.2) is 5.65 Å². The van der Waals surface area contributed by atoms with Crippen LogP contribution < -0.4 is 11.0 Å². The largest absolute Gasteiger partial charge is 0.330 e. The fraction of sp³-hybridized carbons (Fsp3) is 0.294. The highest BCUT2D eigenvalue weighted by Crippen LogP contribution is 2.20. The second-order valence-electron chi connectivity index (χ2n) is 5.72. The lowest BCUT2D eigenvalue weighted by Gasteiger charge is -2.09. The molecule has 2 aromatic heterocycles. The van der Waals surface area contributed by atoms with Crippen LogP contribution >= 0.6 is 24.8 Å². The normalized spacial score (nSPS) is 16.6. The van der Waals surface area contributed by atoms with Crippen LogP contribution in [-0.4, -0.2) is 27.2 Å². The van der Waals surface area contributed by atoms with E-state index >= 15 is 0 Å². The lowest BCUT2D eigenvalue weighted by Crippen LogP contribution is -2.29. The van der Waals surface area contributed by atoms with Crippen molar-refractivity contribution in [2.24, 2.45) is 0 Å². The number of nitrogens with one attached hydrogen (secondary N) is 1. The standard InChI is InChI=1S/C17H18N4O.2ClH/c22-17-20(12-13-5-2-1-3-6-13)15-7-4-9-19-16(15)21(17)14-8-10-18-11-14;;/h1-7,9,14,18H,8,10-12H2;2*1H. The molecule has 1 aromatic carbocycles. The van der Waals surface area contributed by atoms with Crippen molar-refractivity contribution in [3.05, 3.63) is 64.7 Å². The number of hydrogen-bond acceptors (Lipinski definition) is 3. The number of hydrogen-bond donors (Lipinski definition) is 1. The lowest BCUT2D eigenvalue weighted by atomic mass is 10.2. The topological polar surface area (TPSA) is 51.9 Å². The SMILES string of the molecule is Cl.Cl.O=c1n(Cc2ccccc2)c2cccnc2n1C1CCNC1. The van der Waals surface area contributed by atoms with Crippen LogP contribution in [0.3, 0.4) is 0 Å². The van der Waals surface area contributed by atoms with E-state index in [1.165, 1.54) is 0 Å². The van der Waals surface area contributed by atoms with Crippen LogP contribution in [0, 0.1) is 0 Å². The highest BCUT2D eigenvalue weighted by Gasteiger charge is 2.23. The van der Waals surface area contributed by atoms with Crippen molar-refractivity contribution >= 4 is 36.0 Å². The molecular formula is C17H20Cl2N4O. The third-order valence-corrected chi connectivity index (χ3v) is 4.31. The van der Waals surface area contributed by atoms with E-state index in [-0.39, 0.29) is 36.5 Å². The predicted octanol–water partition coefficient (Wildman–Crippen LogP) is 2.62. The molecule has 0 spiro atoms. The molecule has 4 rings (SSSR count). The molecule has 1 unspecified atom stereocenters. The summed E-state index contributed by atoms with van der Waals surface area (Å²) in [6, 6.07) is 14.1. The summed E-state index contributed by atoms with van der Waals surface area (Å²) in [5, 5.41) is 3.32. The van der Waals surface area contributed by atoms with Gasteiger partial charge in [0, 0.05) is 12.7 Å². The minimum atomic E-state index is 0. The van der Waals surface area contributed by atoms with Gasteiger partial charge in [-0.15, -0.1) is 24.8 Å². The van der Waals surface area contributed by atoms with Gasteiger partial charge in [-0.1, -0.05) is 30.3 Å². The third-order valence-electron chi connectivity index (χ3n) is 4.31. The van der Waals surface area contributed by atoms with Gasteiger partial charge in [-0.05, 0) is 30.7 Å². The van der Waals surface area contributed by atoms with Crippen molar-refractivity contribution < 1.29 is 0 Å². The van der Waals surface area contributed by atoms with Crippen molar-refractivity contribution in [3.8, 4) is 0 Å². The number of fused-ring (bicyclic) bond motifs is 1. The number of imidazole rings is 1. The van der Waals surface area contributed by atoms with Gasteiger partial charge >= 0.3 is 5.69 Å². The van der Waals surface area contributed by atoms with Crippen LogP contribution in [-0.2, 0) is 6.54 Å². The Balaban J connectivity index is 0.00000104. The van der Waals surface area contributed by atoms with Gasteiger partial charge in [0.1, 0.15) is 0 Å². The monoisotopic (exact) mass is 366 g/mol. The molecule has 5 nitrogen and oxygen atoms in total. The van der Waals surface area contributed by atoms with Crippen LogP contribution in [0.25, 0.3) is 11.2 Å². The van der Waals surface area contributed by atoms with Crippen molar-refractivity contribution in [3.63, 3.8) is 0 Å². The molecule has 0 bridgehead atoms. The van der Waals surface area contributed by atoms with Crippen LogP contribution in [0.15, 0.2) is 53.5 Å². The van der Waals surface area contributed by atoms with E-state index < -0.39 is 0 Å². The Morgan fingerprint density at radius 2 is 1.92 bits per heavy atom. The zero-order chi connectivity index (χ0) is 14.9. The Hall–Kier alpha value is -1.82. The van der Waals surface area contributed by atoms with Gasteiger partial charge in [0.2, 0.25) is 0 Å². The van der Waals surface area contributed by atoms with Crippen LogP contribution in [0.4, 0.5) is 0 Å². The van der Waals surface area contributed by atoms with E-state index in [4.69, 9.17) is 0 Å². The van der Waals surface area contributed by atoms with E-state index in [1.807, 2.05) is 51.6 Å². The third kappa shape index (κ3) is 3.20. The zero-order valence-electron chi connectivity index (χ0n) is 13.1. The summed E-state index contributed by atoms with van der Waals surface area (Å²) in [6.45, 7) is 2.37. The van der Waals surface area contributed by atoms with E-state index in [0.717, 1.165) is 36.2 Å². The van der Waals surface area contributed by atoms with Crippen LogP contribution in [0.1, 0.15) is 18.0 Å². The van der Waals surface area contributed by atoms with E-state index in [0.29, 0.717) is 6.54 Å². The highest BCUT2D eigenvalue weighted by molar-refractivity contribution is 5.85. The fourth-order valence-corrected chi connectivity index (χ4v) is 3.22. The van der Waals surface area contributed by atoms with Crippen molar-refractivity contribution in [1.29, 1.82) is 0 Å². The predicted molar refractivity (Wildman–Crippen MR) is 101 cm³/mol. The van der Waals surface area contributed by atoms with E-state index in [9.17, 15) is 4.79 Å². The summed E-state index contributed by atoms with van der Waals surface area (Å²) in [7, 11) is 0. The first-order valence-corrected chi connectivity index (χ1v) is 7.65. The number of halogens is 2. The highest BCUT2D eigenvalue weighted by atomic mass is 35.5. The summed E-state index contributed by atoms with van der Waals surface area (Å²) in [5.41, 5.74) is 2.85. The quantitative estimate of drug-likeness (QED) is 0.774. The number of nitrogens with zero attached hydrogens (tertiary/aromatic N) is 3. The van der Waals surface area contributed by atoms with Crippen molar-refractivity contribution in [2.45, 2.75) is 19.0 Å². The maximum absolute atomic E-state index is 12.9. The number of rotatable bonds is 3. The average Bonchev–Trinajstić information content (AvgIpc) is 3.16.